The lowest BCUT2D eigenvalue weighted by molar-refractivity contribution is 0.372. The van der Waals surface area contributed by atoms with Gasteiger partial charge in [0.1, 0.15) is 11.6 Å². The minimum atomic E-state index is -0.399. The fourth-order valence-electron chi connectivity index (χ4n) is 2.72. The van der Waals surface area contributed by atoms with Crippen molar-refractivity contribution in [2.75, 3.05) is 5.32 Å². The van der Waals surface area contributed by atoms with Crippen molar-refractivity contribution >= 4 is 17.3 Å². The van der Waals surface area contributed by atoms with Crippen molar-refractivity contribution in [1.29, 1.82) is 0 Å². The van der Waals surface area contributed by atoms with Gasteiger partial charge in [0.05, 0.1) is 5.69 Å². The Bertz CT molecular complexity index is 649. The summed E-state index contributed by atoms with van der Waals surface area (Å²) in [4.78, 5) is 0. The molecule has 0 radical (unpaired) electrons. The molecular weight excluding hydrogens is 292 g/mol. The molecule has 1 aliphatic rings. The second kappa shape index (κ2) is 5.64. The Kier molecular flexibility index (Phi) is 3.85. The summed E-state index contributed by atoms with van der Waals surface area (Å²) in [5.74, 6) is -0.325. The van der Waals surface area contributed by atoms with Crippen LogP contribution in [0.1, 0.15) is 29.9 Å². The van der Waals surface area contributed by atoms with Crippen molar-refractivity contribution in [3.05, 3.63) is 64.2 Å². The first-order valence-corrected chi connectivity index (χ1v) is 7.38. The van der Waals surface area contributed by atoms with E-state index in [1.807, 2.05) is 24.3 Å². The third-order valence-electron chi connectivity index (χ3n) is 4.09. The number of aryl methyl sites for hydroxylation is 1. The van der Waals surface area contributed by atoms with Crippen molar-refractivity contribution in [1.82, 2.24) is 0 Å². The fourth-order valence-corrected chi connectivity index (χ4v) is 2.85. The van der Waals surface area contributed by atoms with Gasteiger partial charge in [-0.2, -0.15) is 0 Å². The Morgan fingerprint density at radius 1 is 1.05 bits per heavy atom. The van der Waals surface area contributed by atoms with Crippen molar-refractivity contribution in [3.8, 4) is 0 Å². The highest BCUT2D eigenvalue weighted by Crippen LogP contribution is 2.39. The maximum absolute atomic E-state index is 13.8. The molecule has 1 N–H and O–H groups in total. The molecule has 21 heavy (non-hydrogen) atoms. The van der Waals surface area contributed by atoms with Crippen LogP contribution < -0.4 is 5.32 Å². The average Bonchev–Trinajstić information content (AvgIpc) is 2.40. The van der Waals surface area contributed by atoms with Crippen molar-refractivity contribution in [2.24, 2.45) is 0 Å². The first kappa shape index (κ1) is 14.3. The summed E-state index contributed by atoms with van der Waals surface area (Å²) in [5, 5.41) is 3.81. The predicted molar refractivity (Wildman–Crippen MR) is 81.9 cm³/mol. The van der Waals surface area contributed by atoms with Gasteiger partial charge in [0, 0.05) is 17.1 Å². The molecule has 0 unspecified atom stereocenters. The van der Waals surface area contributed by atoms with Crippen LogP contribution in [0.3, 0.4) is 0 Å². The fraction of sp³-hybridized carbons (Fsp3) is 0.294. The second-order valence-electron chi connectivity index (χ2n) is 5.64. The number of anilines is 1. The molecule has 2 aromatic rings. The molecule has 1 saturated carbocycles. The summed E-state index contributed by atoms with van der Waals surface area (Å²) in [7, 11) is 0. The Morgan fingerprint density at radius 2 is 1.71 bits per heavy atom. The zero-order valence-corrected chi connectivity index (χ0v) is 12.4. The highest BCUT2D eigenvalue weighted by Gasteiger charge is 2.30. The molecule has 0 aromatic heterocycles. The van der Waals surface area contributed by atoms with Crippen LogP contribution in [0.2, 0.25) is 5.02 Å². The molecule has 0 aliphatic heterocycles. The van der Waals surface area contributed by atoms with E-state index in [2.05, 4.69) is 5.32 Å². The first-order chi connectivity index (χ1) is 10.0. The van der Waals surface area contributed by atoms with Gasteiger partial charge in [0.2, 0.25) is 0 Å². The van der Waals surface area contributed by atoms with Crippen molar-refractivity contribution < 1.29 is 8.78 Å². The van der Waals surface area contributed by atoms with Gasteiger partial charge in [-0.05, 0) is 55.0 Å². The predicted octanol–water partition coefficient (Wildman–Crippen LogP) is 5.28. The lowest BCUT2D eigenvalue weighted by Crippen LogP contribution is -2.34. The van der Waals surface area contributed by atoms with E-state index >= 15 is 0 Å². The molecular formula is C17H16ClF2N. The van der Waals surface area contributed by atoms with Gasteiger partial charge >= 0.3 is 0 Å². The summed E-state index contributed by atoms with van der Waals surface area (Å²) in [6.07, 6.45) is 1.83. The number of hydrogen-bond acceptors (Lipinski definition) is 1. The second-order valence-corrected chi connectivity index (χ2v) is 6.08. The Hall–Kier alpha value is -1.61. The molecule has 0 bridgehead atoms. The van der Waals surface area contributed by atoms with Gasteiger partial charge in [-0.25, -0.2) is 8.78 Å². The van der Waals surface area contributed by atoms with Crippen LogP contribution in [0.25, 0.3) is 0 Å². The Morgan fingerprint density at radius 3 is 2.38 bits per heavy atom. The number of rotatable bonds is 3. The average molecular weight is 308 g/mol. The highest BCUT2D eigenvalue weighted by molar-refractivity contribution is 6.30. The van der Waals surface area contributed by atoms with E-state index < -0.39 is 5.82 Å². The molecule has 0 spiro atoms. The van der Waals surface area contributed by atoms with E-state index in [0.29, 0.717) is 11.5 Å². The van der Waals surface area contributed by atoms with Gasteiger partial charge < -0.3 is 5.32 Å². The minimum Gasteiger partial charge on any atom is -0.380 e. The molecule has 110 valence electrons. The van der Waals surface area contributed by atoms with Gasteiger partial charge in [-0.3, -0.25) is 0 Å². The molecule has 0 saturated heterocycles. The van der Waals surface area contributed by atoms with Crippen LogP contribution in [-0.4, -0.2) is 6.04 Å². The Labute approximate surface area is 127 Å². The molecule has 2 aromatic carbocycles. The first-order valence-electron chi connectivity index (χ1n) is 7.00. The van der Waals surface area contributed by atoms with E-state index in [1.54, 1.807) is 6.92 Å². The topological polar surface area (TPSA) is 12.0 Å². The maximum atomic E-state index is 13.8. The van der Waals surface area contributed by atoms with Crippen LogP contribution in [0.4, 0.5) is 14.5 Å². The SMILES string of the molecule is Cc1cc(F)c(NC2CC(c3ccc(Cl)cc3)C2)cc1F. The van der Waals surface area contributed by atoms with Gasteiger partial charge in [0.15, 0.2) is 0 Å². The molecule has 1 nitrogen and oxygen atoms in total. The van der Waals surface area contributed by atoms with Crippen LogP contribution in [0.15, 0.2) is 36.4 Å². The molecule has 1 fully saturated rings. The number of benzene rings is 2. The summed E-state index contributed by atoms with van der Waals surface area (Å²) < 4.78 is 27.3. The van der Waals surface area contributed by atoms with Crippen LogP contribution in [0, 0.1) is 18.6 Å². The number of hydrogen-bond donors (Lipinski definition) is 1. The molecule has 0 amide bonds. The van der Waals surface area contributed by atoms with Crippen molar-refractivity contribution in [3.63, 3.8) is 0 Å². The standard InChI is InChI=1S/C17H16ClF2N/c1-10-6-16(20)17(9-15(10)19)21-14-7-12(8-14)11-2-4-13(18)5-3-11/h2-6,9,12,14,21H,7-8H2,1H3. The molecule has 4 heteroatoms. The monoisotopic (exact) mass is 307 g/mol. The zero-order valence-electron chi connectivity index (χ0n) is 11.7. The van der Waals surface area contributed by atoms with E-state index in [9.17, 15) is 8.78 Å². The Balaban J connectivity index is 1.62. The molecule has 3 rings (SSSR count). The zero-order chi connectivity index (χ0) is 15.0. The lowest BCUT2D eigenvalue weighted by Gasteiger charge is -2.37. The number of halogens is 3. The molecule has 0 atom stereocenters. The quantitative estimate of drug-likeness (QED) is 0.813. The number of nitrogens with one attached hydrogen (secondary N) is 1. The van der Waals surface area contributed by atoms with Crippen LogP contribution >= 0.6 is 11.6 Å². The maximum Gasteiger partial charge on any atom is 0.146 e. The third kappa shape index (κ3) is 3.03. The minimum absolute atomic E-state index is 0.183. The molecule has 1 aliphatic carbocycles. The van der Waals surface area contributed by atoms with Gasteiger partial charge in [-0.15, -0.1) is 0 Å². The van der Waals surface area contributed by atoms with Gasteiger partial charge in [-0.1, -0.05) is 23.7 Å². The lowest BCUT2D eigenvalue weighted by atomic mass is 9.76. The summed E-state index contributed by atoms with van der Waals surface area (Å²) >= 11 is 5.87. The largest absolute Gasteiger partial charge is 0.380 e. The summed E-state index contributed by atoms with van der Waals surface area (Å²) in [5.41, 5.74) is 1.82. The summed E-state index contributed by atoms with van der Waals surface area (Å²) in [6.45, 7) is 1.56. The smallest absolute Gasteiger partial charge is 0.146 e. The molecule has 0 heterocycles. The van der Waals surface area contributed by atoms with E-state index in [-0.39, 0.29) is 17.5 Å². The third-order valence-corrected chi connectivity index (χ3v) is 4.34. The van der Waals surface area contributed by atoms with Crippen LogP contribution in [0.5, 0.6) is 0 Å². The van der Waals surface area contributed by atoms with E-state index in [4.69, 9.17) is 11.6 Å². The van der Waals surface area contributed by atoms with Crippen molar-refractivity contribution in [2.45, 2.75) is 31.7 Å². The summed E-state index contributed by atoms with van der Waals surface area (Å²) in [6, 6.07) is 10.5. The van der Waals surface area contributed by atoms with Crippen LogP contribution in [-0.2, 0) is 0 Å². The normalized spacial score (nSPS) is 21.0. The van der Waals surface area contributed by atoms with E-state index in [0.717, 1.165) is 17.9 Å². The van der Waals surface area contributed by atoms with E-state index in [1.165, 1.54) is 17.7 Å². The van der Waals surface area contributed by atoms with Gasteiger partial charge in [0.25, 0.3) is 0 Å². The highest BCUT2D eigenvalue weighted by atomic mass is 35.5.